The van der Waals surface area contributed by atoms with E-state index >= 15 is 0 Å². The Morgan fingerprint density at radius 3 is 2.15 bits per heavy atom. The lowest BCUT2D eigenvalue weighted by atomic mass is 9.70. The summed E-state index contributed by atoms with van der Waals surface area (Å²) < 4.78 is 60.5. The number of alkyl halides is 3. The number of rotatable bonds is 4. The van der Waals surface area contributed by atoms with Crippen molar-refractivity contribution in [3.8, 4) is 0 Å². The van der Waals surface area contributed by atoms with Gasteiger partial charge in [-0.25, -0.2) is 0 Å². The highest BCUT2D eigenvalue weighted by Crippen LogP contribution is 2.59. The van der Waals surface area contributed by atoms with E-state index < -0.39 is 31.8 Å². The first-order valence-electron chi connectivity index (χ1n) is 15.0. The van der Waals surface area contributed by atoms with Crippen LogP contribution in [0.5, 0.6) is 0 Å². The van der Waals surface area contributed by atoms with E-state index in [9.17, 15) is 13.2 Å². The first kappa shape index (κ1) is 30.7. The first-order chi connectivity index (χ1) is 18.9. The van der Waals surface area contributed by atoms with Crippen LogP contribution in [0.15, 0.2) is 24.3 Å². The summed E-state index contributed by atoms with van der Waals surface area (Å²) in [5.74, 6) is 0.120. The molecule has 226 valence electrons. The summed E-state index contributed by atoms with van der Waals surface area (Å²) >= 11 is 0. The predicted molar refractivity (Wildman–Crippen MR) is 158 cm³/mol. The Labute approximate surface area is 244 Å². The Kier molecular flexibility index (Phi) is 7.62. The van der Waals surface area contributed by atoms with Crippen LogP contribution >= 0.6 is 0 Å². The van der Waals surface area contributed by atoms with Gasteiger partial charge in [0.25, 0.3) is 0 Å². The number of ether oxygens (including phenoxy) is 2. The van der Waals surface area contributed by atoms with E-state index in [1.165, 1.54) is 23.3 Å². The monoisotopic (exact) mass is 589 g/mol. The number of hydrogen-bond acceptors (Lipinski definition) is 4. The van der Waals surface area contributed by atoms with Crippen LogP contribution in [-0.4, -0.2) is 26.5 Å². The topological polar surface area (TPSA) is 40.6 Å². The van der Waals surface area contributed by atoms with Gasteiger partial charge in [0.05, 0.1) is 17.3 Å². The SMILES string of the molecule is CC(C)c1nc2c(c3c1[C@@H](c1ccc(C(F)(F)F)cc1)OC31CCOCC1)[C@@H](O[Si](C)(C)C(C)(C)C)CC(C)(C)C2. The molecule has 1 aliphatic carbocycles. The molecule has 0 unspecified atom stereocenters. The van der Waals surface area contributed by atoms with Crippen LogP contribution in [-0.2, 0) is 32.1 Å². The summed E-state index contributed by atoms with van der Waals surface area (Å²) in [6, 6.07) is 5.48. The van der Waals surface area contributed by atoms with Gasteiger partial charge in [0.15, 0.2) is 8.32 Å². The van der Waals surface area contributed by atoms with Crippen LogP contribution in [0.4, 0.5) is 13.2 Å². The molecule has 2 atom stereocenters. The van der Waals surface area contributed by atoms with E-state index in [1.807, 2.05) is 0 Å². The molecule has 0 N–H and O–H groups in total. The molecule has 8 heteroatoms. The third kappa shape index (κ3) is 5.54. The normalized spacial score (nSPS) is 24.0. The van der Waals surface area contributed by atoms with E-state index in [2.05, 4.69) is 61.6 Å². The Morgan fingerprint density at radius 2 is 1.61 bits per heavy atom. The molecule has 5 rings (SSSR count). The van der Waals surface area contributed by atoms with Crippen LogP contribution < -0.4 is 0 Å². The average molecular weight is 590 g/mol. The highest BCUT2D eigenvalue weighted by Gasteiger charge is 2.53. The molecule has 0 amide bonds. The molecular formula is C33H46F3NO3Si. The summed E-state index contributed by atoms with van der Waals surface area (Å²) in [7, 11) is -2.16. The van der Waals surface area contributed by atoms with Crippen molar-refractivity contribution in [3.05, 3.63) is 63.5 Å². The Morgan fingerprint density at radius 1 is 1.00 bits per heavy atom. The molecule has 1 saturated heterocycles. The molecule has 4 nitrogen and oxygen atoms in total. The van der Waals surface area contributed by atoms with E-state index in [0.29, 0.717) is 26.1 Å². The molecule has 2 aliphatic heterocycles. The standard InChI is InChI=1S/C33H46F3NO3Si/c1-20(2)28-26-27(25-23(37-28)18-31(6,7)19-24(25)40-41(8,9)30(3,4)5)32(14-16-38-17-15-32)39-29(26)21-10-12-22(13-11-21)33(34,35)36/h10-13,20,24,29H,14-19H2,1-9H3/t24-,29+/m0/s1. The molecule has 41 heavy (non-hydrogen) atoms. The Bertz CT molecular complexity index is 1290. The summed E-state index contributed by atoms with van der Waals surface area (Å²) in [6.07, 6.45) is -1.87. The molecule has 0 saturated carbocycles. The highest BCUT2D eigenvalue weighted by atomic mass is 28.4. The van der Waals surface area contributed by atoms with Gasteiger partial charge in [-0.2, -0.15) is 13.2 Å². The predicted octanol–water partition coefficient (Wildman–Crippen LogP) is 9.38. The van der Waals surface area contributed by atoms with Crippen molar-refractivity contribution >= 4 is 8.32 Å². The Balaban J connectivity index is 1.76. The zero-order valence-electron chi connectivity index (χ0n) is 26.1. The lowest BCUT2D eigenvalue weighted by molar-refractivity contribution is -0.137. The summed E-state index contributed by atoms with van der Waals surface area (Å²) in [5.41, 5.74) is 4.96. The average Bonchev–Trinajstić information content (AvgIpc) is 3.15. The lowest BCUT2D eigenvalue weighted by Gasteiger charge is -2.46. The minimum atomic E-state index is -4.39. The zero-order valence-corrected chi connectivity index (χ0v) is 27.1. The van der Waals surface area contributed by atoms with Gasteiger partial charge in [0, 0.05) is 48.6 Å². The lowest BCUT2D eigenvalue weighted by Crippen LogP contribution is -2.45. The molecule has 0 bridgehead atoms. The number of hydrogen-bond donors (Lipinski definition) is 0. The summed E-state index contributed by atoms with van der Waals surface area (Å²) in [5, 5.41) is 0.0405. The van der Waals surface area contributed by atoms with Crippen LogP contribution in [0, 0.1) is 5.41 Å². The largest absolute Gasteiger partial charge is 0.416 e. The van der Waals surface area contributed by atoms with Crippen molar-refractivity contribution < 1.29 is 27.1 Å². The molecule has 3 aliphatic rings. The maximum absolute atomic E-state index is 13.4. The second-order valence-corrected chi connectivity index (χ2v) is 19.7. The van der Waals surface area contributed by atoms with Gasteiger partial charge in [-0.15, -0.1) is 0 Å². The fraction of sp³-hybridized carbons (Fsp3) is 0.667. The van der Waals surface area contributed by atoms with E-state index in [-0.39, 0.29) is 22.5 Å². The third-order valence-corrected chi connectivity index (χ3v) is 14.3. The van der Waals surface area contributed by atoms with Crippen molar-refractivity contribution in [2.75, 3.05) is 13.2 Å². The molecule has 0 radical (unpaired) electrons. The number of benzene rings is 1. The maximum Gasteiger partial charge on any atom is 0.416 e. The fourth-order valence-electron chi connectivity index (χ4n) is 6.62. The van der Waals surface area contributed by atoms with Crippen molar-refractivity contribution in [2.45, 2.75) is 122 Å². The minimum absolute atomic E-state index is 0.0185. The fourth-order valence-corrected chi connectivity index (χ4v) is 7.88. The minimum Gasteiger partial charge on any atom is -0.410 e. The van der Waals surface area contributed by atoms with E-state index in [4.69, 9.17) is 18.9 Å². The smallest absolute Gasteiger partial charge is 0.410 e. The van der Waals surface area contributed by atoms with Gasteiger partial charge in [-0.05, 0) is 65.6 Å². The van der Waals surface area contributed by atoms with Gasteiger partial charge in [-0.1, -0.05) is 60.6 Å². The third-order valence-electron chi connectivity index (χ3n) is 9.78. The first-order valence-corrected chi connectivity index (χ1v) is 17.9. The Hall–Kier alpha value is -1.74. The van der Waals surface area contributed by atoms with Crippen LogP contribution in [0.25, 0.3) is 0 Å². The van der Waals surface area contributed by atoms with Gasteiger partial charge in [0.2, 0.25) is 0 Å². The van der Waals surface area contributed by atoms with Crippen molar-refractivity contribution in [1.29, 1.82) is 0 Å². The number of nitrogens with zero attached hydrogens (tertiary/aromatic N) is 1. The van der Waals surface area contributed by atoms with Gasteiger partial charge in [0.1, 0.15) is 6.10 Å². The van der Waals surface area contributed by atoms with E-state index in [1.54, 1.807) is 12.1 Å². The number of fused-ring (bicyclic) bond motifs is 4. The number of pyridine rings is 1. The second kappa shape index (κ2) is 10.2. The quantitative estimate of drug-likeness (QED) is 0.333. The van der Waals surface area contributed by atoms with Crippen molar-refractivity contribution in [2.24, 2.45) is 5.41 Å². The van der Waals surface area contributed by atoms with Crippen LogP contribution in [0.3, 0.4) is 0 Å². The molecule has 3 heterocycles. The second-order valence-electron chi connectivity index (χ2n) is 14.9. The molecule has 1 spiro atoms. The van der Waals surface area contributed by atoms with Crippen molar-refractivity contribution in [3.63, 3.8) is 0 Å². The van der Waals surface area contributed by atoms with Crippen LogP contribution in [0.1, 0.15) is 125 Å². The van der Waals surface area contributed by atoms with Gasteiger partial charge in [-0.3, -0.25) is 4.98 Å². The molecule has 1 aromatic carbocycles. The summed E-state index contributed by atoms with van der Waals surface area (Å²) in [6.45, 7) is 21.4. The van der Waals surface area contributed by atoms with Crippen LogP contribution in [0.2, 0.25) is 18.1 Å². The molecule has 2 aromatic rings. The summed E-state index contributed by atoms with van der Waals surface area (Å²) in [4.78, 5) is 5.38. The number of aromatic nitrogens is 1. The van der Waals surface area contributed by atoms with Gasteiger partial charge >= 0.3 is 6.18 Å². The van der Waals surface area contributed by atoms with Gasteiger partial charge < -0.3 is 13.9 Å². The maximum atomic E-state index is 13.4. The zero-order chi connectivity index (χ0) is 30.2. The highest BCUT2D eigenvalue weighted by molar-refractivity contribution is 6.74. The van der Waals surface area contributed by atoms with Crippen molar-refractivity contribution in [1.82, 2.24) is 4.98 Å². The molecule has 1 aromatic heterocycles. The number of halogens is 3. The molecule has 1 fully saturated rings. The van der Waals surface area contributed by atoms with E-state index in [0.717, 1.165) is 35.4 Å². The molecular weight excluding hydrogens is 543 g/mol.